The van der Waals surface area contributed by atoms with Crippen molar-refractivity contribution in [3.05, 3.63) is 58.9 Å². The highest BCUT2D eigenvalue weighted by Gasteiger charge is 2.29. The SMILES string of the molecule is Oc1cccc(Cc2nc3cccc(Cl)c3n2C2CC2)c1. The van der Waals surface area contributed by atoms with Gasteiger partial charge in [-0.3, -0.25) is 0 Å². The van der Waals surface area contributed by atoms with E-state index in [0.717, 1.165) is 27.4 Å². The lowest BCUT2D eigenvalue weighted by molar-refractivity contribution is 0.474. The molecule has 3 aromatic rings. The molecule has 4 heteroatoms. The van der Waals surface area contributed by atoms with Crippen LogP contribution in [0.25, 0.3) is 11.0 Å². The van der Waals surface area contributed by atoms with E-state index in [-0.39, 0.29) is 0 Å². The molecule has 1 aromatic heterocycles. The molecule has 0 unspecified atom stereocenters. The van der Waals surface area contributed by atoms with E-state index in [1.807, 2.05) is 30.3 Å². The molecule has 0 aliphatic heterocycles. The molecular weight excluding hydrogens is 284 g/mol. The van der Waals surface area contributed by atoms with Gasteiger partial charge in [0.1, 0.15) is 11.6 Å². The highest BCUT2D eigenvalue weighted by molar-refractivity contribution is 6.35. The third-order valence-corrected chi connectivity index (χ3v) is 4.22. The molecule has 1 heterocycles. The molecular formula is C17H15ClN2O. The summed E-state index contributed by atoms with van der Waals surface area (Å²) in [4.78, 5) is 4.76. The predicted octanol–water partition coefficient (Wildman–Crippen LogP) is 4.32. The maximum atomic E-state index is 9.62. The lowest BCUT2D eigenvalue weighted by atomic mass is 10.1. The van der Waals surface area contributed by atoms with Crippen molar-refractivity contribution in [1.29, 1.82) is 0 Å². The summed E-state index contributed by atoms with van der Waals surface area (Å²) >= 11 is 6.37. The summed E-state index contributed by atoms with van der Waals surface area (Å²) in [5.41, 5.74) is 3.05. The molecule has 0 saturated heterocycles. The van der Waals surface area contributed by atoms with Crippen molar-refractivity contribution < 1.29 is 5.11 Å². The molecule has 1 fully saturated rings. The zero-order valence-electron chi connectivity index (χ0n) is 11.5. The Balaban J connectivity index is 1.84. The first kappa shape index (κ1) is 12.7. The van der Waals surface area contributed by atoms with Gasteiger partial charge in [0.15, 0.2) is 0 Å². The van der Waals surface area contributed by atoms with Gasteiger partial charge in [-0.1, -0.05) is 29.8 Å². The quantitative estimate of drug-likeness (QED) is 0.782. The second-order valence-electron chi connectivity index (χ2n) is 5.58. The number of aromatic hydroxyl groups is 1. The number of hydrogen-bond acceptors (Lipinski definition) is 2. The molecule has 4 rings (SSSR count). The van der Waals surface area contributed by atoms with Crippen LogP contribution < -0.4 is 0 Å². The lowest BCUT2D eigenvalue weighted by Gasteiger charge is -2.08. The molecule has 106 valence electrons. The first-order valence-corrected chi connectivity index (χ1v) is 7.53. The summed E-state index contributed by atoms with van der Waals surface area (Å²) in [6.07, 6.45) is 3.07. The van der Waals surface area contributed by atoms with E-state index in [0.29, 0.717) is 18.2 Å². The van der Waals surface area contributed by atoms with Crippen molar-refractivity contribution >= 4 is 22.6 Å². The third-order valence-electron chi connectivity index (χ3n) is 3.92. The molecule has 1 N–H and O–H groups in total. The number of para-hydroxylation sites is 1. The van der Waals surface area contributed by atoms with Crippen molar-refractivity contribution in [2.45, 2.75) is 25.3 Å². The Morgan fingerprint density at radius 3 is 2.76 bits per heavy atom. The van der Waals surface area contributed by atoms with Gasteiger partial charge < -0.3 is 9.67 Å². The zero-order valence-corrected chi connectivity index (χ0v) is 12.2. The van der Waals surface area contributed by atoms with Crippen LogP contribution in [0.1, 0.15) is 30.3 Å². The van der Waals surface area contributed by atoms with Gasteiger partial charge >= 0.3 is 0 Å². The first-order chi connectivity index (χ1) is 10.2. The highest BCUT2D eigenvalue weighted by atomic mass is 35.5. The van der Waals surface area contributed by atoms with E-state index < -0.39 is 0 Å². The normalized spacial score (nSPS) is 14.7. The van der Waals surface area contributed by atoms with Gasteiger partial charge in [-0.15, -0.1) is 0 Å². The minimum absolute atomic E-state index is 0.291. The van der Waals surface area contributed by atoms with Crippen LogP contribution in [-0.2, 0) is 6.42 Å². The fourth-order valence-corrected chi connectivity index (χ4v) is 3.11. The fourth-order valence-electron chi connectivity index (χ4n) is 2.85. The molecule has 0 amide bonds. The predicted molar refractivity (Wildman–Crippen MR) is 83.9 cm³/mol. The molecule has 0 bridgehead atoms. The van der Waals surface area contributed by atoms with Crippen LogP contribution in [0.3, 0.4) is 0 Å². The van der Waals surface area contributed by atoms with E-state index >= 15 is 0 Å². The van der Waals surface area contributed by atoms with Crippen LogP contribution in [0.15, 0.2) is 42.5 Å². The maximum Gasteiger partial charge on any atom is 0.115 e. The smallest absolute Gasteiger partial charge is 0.115 e. The number of hydrogen-bond donors (Lipinski definition) is 1. The summed E-state index contributed by atoms with van der Waals surface area (Å²) in [5.74, 6) is 1.31. The van der Waals surface area contributed by atoms with E-state index in [2.05, 4.69) is 4.57 Å². The molecule has 21 heavy (non-hydrogen) atoms. The maximum absolute atomic E-state index is 9.62. The summed E-state index contributed by atoms with van der Waals surface area (Å²) in [6, 6.07) is 13.7. The molecule has 3 nitrogen and oxygen atoms in total. The minimum atomic E-state index is 0.291. The van der Waals surface area contributed by atoms with Crippen LogP contribution in [0.5, 0.6) is 5.75 Å². The van der Waals surface area contributed by atoms with E-state index in [1.165, 1.54) is 12.8 Å². The largest absolute Gasteiger partial charge is 0.508 e. The van der Waals surface area contributed by atoms with Crippen LogP contribution in [-0.4, -0.2) is 14.7 Å². The Hall–Kier alpha value is -2.00. The molecule has 1 saturated carbocycles. The molecule has 0 radical (unpaired) electrons. The van der Waals surface area contributed by atoms with Crippen molar-refractivity contribution in [3.63, 3.8) is 0 Å². The van der Waals surface area contributed by atoms with Gasteiger partial charge in [0.05, 0.1) is 16.1 Å². The van der Waals surface area contributed by atoms with Gasteiger partial charge in [0.2, 0.25) is 0 Å². The topological polar surface area (TPSA) is 38.1 Å². The fraction of sp³-hybridized carbons (Fsp3) is 0.235. The monoisotopic (exact) mass is 298 g/mol. The number of rotatable bonds is 3. The summed E-state index contributed by atoms with van der Waals surface area (Å²) in [6.45, 7) is 0. The molecule has 1 aliphatic carbocycles. The highest BCUT2D eigenvalue weighted by Crippen LogP contribution is 2.40. The minimum Gasteiger partial charge on any atom is -0.508 e. The zero-order chi connectivity index (χ0) is 14.4. The van der Waals surface area contributed by atoms with Crippen LogP contribution >= 0.6 is 11.6 Å². The number of fused-ring (bicyclic) bond motifs is 1. The Bertz CT molecular complexity index is 821. The number of phenolic OH excluding ortho intramolecular Hbond substituents is 1. The second-order valence-corrected chi connectivity index (χ2v) is 5.99. The number of phenols is 1. The van der Waals surface area contributed by atoms with Crippen LogP contribution in [0.4, 0.5) is 0 Å². The van der Waals surface area contributed by atoms with E-state index in [1.54, 1.807) is 12.1 Å². The Morgan fingerprint density at radius 2 is 2.00 bits per heavy atom. The Morgan fingerprint density at radius 1 is 1.19 bits per heavy atom. The first-order valence-electron chi connectivity index (χ1n) is 7.15. The van der Waals surface area contributed by atoms with E-state index in [9.17, 15) is 5.11 Å². The van der Waals surface area contributed by atoms with Gasteiger partial charge in [0.25, 0.3) is 0 Å². The van der Waals surface area contributed by atoms with Crippen molar-refractivity contribution in [1.82, 2.24) is 9.55 Å². The molecule has 0 atom stereocenters. The average Bonchev–Trinajstić information content (AvgIpc) is 3.21. The summed E-state index contributed by atoms with van der Waals surface area (Å²) < 4.78 is 2.28. The summed E-state index contributed by atoms with van der Waals surface area (Å²) in [7, 11) is 0. The van der Waals surface area contributed by atoms with Gasteiger partial charge in [-0.25, -0.2) is 4.98 Å². The van der Waals surface area contributed by atoms with Crippen molar-refractivity contribution in [3.8, 4) is 5.75 Å². The number of halogens is 1. The van der Waals surface area contributed by atoms with E-state index in [4.69, 9.17) is 16.6 Å². The van der Waals surface area contributed by atoms with Gasteiger partial charge in [-0.2, -0.15) is 0 Å². The Labute approximate surface area is 127 Å². The number of aromatic nitrogens is 2. The Kier molecular flexibility index (Phi) is 2.89. The van der Waals surface area contributed by atoms with Crippen LogP contribution in [0.2, 0.25) is 5.02 Å². The lowest BCUT2D eigenvalue weighted by Crippen LogP contribution is -2.02. The molecule has 1 aliphatic rings. The number of imidazole rings is 1. The molecule has 0 spiro atoms. The average molecular weight is 299 g/mol. The van der Waals surface area contributed by atoms with Crippen LogP contribution in [0, 0.1) is 0 Å². The van der Waals surface area contributed by atoms with Crippen molar-refractivity contribution in [2.24, 2.45) is 0 Å². The standard InChI is InChI=1S/C17H15ClN2O/c18-14-5-2-6-15-17(14)20(12-7-8-12)16(19-15)10-11-3-1-4-13(21)9-11/h1-6,9,12,21H,7-8,10H2. The second kappa shape index (κ2) is 4.78. The summed E-state index contributed by atoms with van der Waals surface area (Å²) in [5, 5.41) is 10.4. The third kappa shape index (κ3) is 2.28. The number of nitrogens with zero attached hydrogens (tertiary/aromatic N) is 2. The van der Waals surface area contributed by atoms with Gasteiger partial charge in [0, 0.05) is 12.5 Å². The number of benzene rings is 2. The van der Waals surface area contributed by atoms with Gasteiger partial charge in [-0.05, 0) is 42.7 Å². The van der Waals surface area contributed by atoms with Crippen molar-refractivity contribution in [2.75, 3.05) is 0 Å². The molecule has 2 aromatic carbocycles.